The van der Waals surface area contributed by atoms with Crippen LogP contribution in [0.3, 0.4) is 0 Å². The van der Waals surface area contributed by atoms with Crippen molar-refractivity contribution in [3.8, 4) is 11.4 Å². The van der Waals surface area contributed by atoms with Crippen molar-refractivity contribution in [1.29, 1.82) is 0 Å². The summed E-state index contributed by atoms with van der Waals surface area (Å²) in [5.41, 5.74) is 0.884. The summed E-state index contributed by atoms with van der Waals surface area (Å²) in [5.74, 6) is 0.657. The number of rotatable bonds is 6. The number of aromatic nitrogens is 2. The topological polar surface area (TPSA) is 81.1 Å². The molecular weight excluding hydrogens is 418 g/mol. The third kappa shape index (κ3) is 4.24. The van der Waals surface area contributed by atoms with E-state index in [-0.39, 0.29) is 15.6 Å². The van der Waals surface area contributed by atoms with Gasteiger partial charge in [-0.05, 0) is 24.0 Å². The van der Waals surface area contributed by atoms with Gasteiger partial charge in [0.25, 0.3) is 15.9 Å². The Kier molecular flexibility index (Phi) is 6.12. The predicted octanol–water partition coefficient (Wildman–Crippen LogP) is 3.97. The molecule has 2 aromatic carbocycles. The van der Waals surface area contributed by atoms with Crippen LogP contribution in [0.2, 0.25) is 5.02 Å². The van der Waals surface area contributed by atoms with Crippen LogP contribution in [0.4, 0.5) is 0 Å². The quantitative estimate of drug-likeness (QED) is 0.592. The van der Waals surface area contributed by atoms with Crippen molar-refractivity contribution < 1.29 is 13.2 Å². The Bertz CT molecular complexity index is 1130. The first-order valence-electron chi connectivity index (χ1n) is 8.40. The van der Waals surface area contributed by atoms with Gasteiger partial charge >= 0.3 is 0 Å². The molecule has 1 heterocycles. The Morgan fingerprint density at radius 1 is 1.18 bits per heavy atom. The molecule has 28 heavy (non-hydrogen) atoms. The number of thioether (sulfide) groups is 1. The van der Waals surface area contributed by atoms with Gasteiger partial charge in [-0.25, -0.2) is 18.1 Å². The van der Waals surface area contributed by atoms with E-state index in [9.17, 15) is 13.2 Å². The van der Waals surface area contributed by atoms with Crippen molar-refractivity contribution in [3.63, 3.8) is 0 Å². The molecule has 0 radical (unpaired) electrons. The summed E-state index contributed by atoms with van der Waals surface area (Å²) in [6, 6.07) is 13.7. The zero-order chi connectivity index (χ0) is 20.3. The Balaban J connectivity index is 1.91. The molecule has 0 spiro atoms. The van der Waals surface area contributed by atoms with E-state index in [2.05, 4.69) is 11.9 Å². The van der Waals surface area contributed by atoms with Crippen LogP contribution in [-0.2, 0) is 17.1 Å². The average molecular weight is 436 g/mol. The number of carbonyl (C=O) groups excluding carboxylic acids is 1. The van der Waals surface area contributed by atoms with Gasteiger partial charge < -0.3 is 4.57 Å². The summed E-state index contributed by atoms with van der Waals surface area (Å²) >= 11 is 7.61. The number of nitrogens with zero attached hydrogens (tertiary/aromatic N) is 2. The Morgan fingerprint density at radius 3 is 2.57 bits per heavy atom. The van der Waals surface area contributed by atoms with Crippen molar-refractivity contribution >= 4 is 39.3 Å². The fourth-order valence-corrected chi connectivity index (χ4v) is 4.93. The molecule has 1 amide bonds. The highest BCUT2D eigenvalue weighted by Gasteiger charge is 2.23. The van der Waals surface area contributed by atoms with Gasteiger partial charge in [-0.3, -0.25) is 4.79 Å². The van der Waals surface area contributed by atoms with Crippen LogP contribution >= 0.6 is 23.4 Å². The van der Waals surface area contributed by atoms with Crippen LogP contribution in [0.25, 0.3) is 11.4 Å². The van der Waals surface area contributed by atoms with Crippen LogP contribution in [0.5, 0.6) is 0 Å². The lowest BCUT2D eigenvalue weighted by molar-refractivity contribution is 0.0977. The zero-order valence-electron chi connectivity index (χ0n) is 15.2. The molecule has 9 heteroatoms. The molecule has 0 saturated carbocycles. The molecule has 0 saturated heterocycles. The summed E-state index contributed by atoms with van der Waals surface area (Å²) in [6.07, 6.45) is 1.50. The van der Waals surface area contributed by atoms with Crippen LogP contribution in [0.15, 0.2) is 64.5 Å². The summed E-state index contributed by atoms with van der Waals surface area (Å²) in [4.78, 5) is 17.8. The third-order valence-electron chi connectivity index (χ3n) is 3.89. The predicted molar refractivity (Wildman–Crippen MR) is 111 cm³/mol. The van der Waals surface area contributed by atoms with Gasteiger partial charge in [-0.1, -0.05) is 48.9 Å². The van der Waals surface area contributed by atoms with Crippen molar-refractivity contribution in [2.75, 3.05) is 5.75 Å². The highest BCUT2D eigenvalue weighted by molar-refractivity contribution is 7.99. The van der Waals surface area contributed by atoms with Gasteiger partial charge in [-0.15, -0.1) is 11.8 Å². The lowest BCUT2D eigenvalue weighted by Crippen LogP contribution is -2.31. The maximum Gasteiger partial charge on any atom is 0.285 e. The van der Waals surface area contributed by atoms with Gasteiger partial charge in [0.2, 0.25) is 0 Å². The molecule has 0 unspecified atom stereocenters. The van der Waals surface area contributed by atoms with Crippen molar-refractivity contribution in [3.05, 3.63) is 65.4 Å². The Labute approximate surface area is 173 Å². The molecule has 0 aliphatic heterocycles. The normalized spacial score (nSPS) is 11.4. The summed E-state index contributed by atoms with van der Waals surface area (Å²) in [7, 11) is -2.35. The van der Waals surface area contributed by atoms with E-state index in [1.807, 2.05) is 29.0 Å². The van der Waals surface area contributed by atoms with Crippen molar-refractivity contribution in [1.82, 2.24) is 14.3 Å². The van der Waals surface area contributed by atoms with E-state index in [1.165, 1.54) is 24.4 Å². The molecular formula is C19H18ClN3O3S2. The fraction of sp³-hybridized carbons (Fsp3) is 0.158. The highest BCUT2D eigenvalue weighted by Crippen LogP contribution is 2.30. The number of hydrogen-bond acceptors (Lipinski definition) is 5. The molecule has 1 N–H and O–H groups in total. The number of benzene rings is 2. The summed E-state index contributed by atoms with van der Waals surface area (Å²) in [5, 5.41) is 0.0371. The Hall–Kier alpha value is -2.29. The van der Waals surface area contributed by atoms with E-state index in [0.29, 0.717) is 5.82 Å². The van der Waals surface area contributed by atoms with E-state index < -0.39 is 15.9 Å². The van der Waals surface area contributed by atoms with Crippen LogP contribution in [0, 0.1) is 0 Å². The molecule has 6 nitrogen and oxygen atoms in total. The smallest absolute Gasteiger partial charge is 0.285 e. The number of halogens is 1. The van der Waals surface area contributed by atoms with E-state index in [0.717, 1.165) is 16.2 Å². The molecule has 1 aromatic heterocycles. The minimum atomic E-state index is -4.11. The number of amides is 1. The van der Waals surface area contributed by atoms with E-state index in [4.69, 9.17) is 11.6 Å². The lowest BCUT2D eigenvalue weighted by atomic mass is 10.2. The number of imidazole rings is 1. The Morgan fingerprint density at radius 2 is 1.86 bits per heavy atom. The number of nitrogens with one attached hydrogen (secondary N) is 1. The van der Waals surface area contributed by atoms with Gasteiger partial charge in [0.1, 0.15) is 16.4 Å². The average Bonchev–Trinajstić information content (AvgIpc) is 3.04. The molecule has 146 valence electrons. The second-order valence-electron chi connectivity index (χ2n) is 5.85. The molecule has 0 atom stereocenters. The molecule has 0 bridgehead atoms. The van der Waals surface area contributed by atoms with Crippen LogP contribution in [0.1, 0.15) is 17.4 Å². The monoisotopic (exact) mass is 435 g/mol. The molecule has 3 rings (SSSR count). The van der Waals surface area contributed by atoms with Crippen LogP contribution < -0.4 is 4.72 Å². The zero-order valence-corrected chi connectivity index (χ0v) is 17.6. The van der Waals surface area contributed by atoms with Crippen molar-refractivity contribution in [2.45, 2.75) is 16.7 Å². The summed E-state index contributed by atoms with van der Waals surface area (Å²) < 4.78 is 28.7. The second kappa shape index (κ2) is 8.38. The van der Waals surface area contributed by atoms with Gasteiger partial charge in [-0.2, -0.15) is 0 Å². The first-order valence-corrected chi connectivity index (χ1v) is 11.3. The minimum Gasteiger partial charge on any atom is -0.333 e. The standard InChI is InChI=1S/C19H18ClN3O3S2/c1-3-27-16-10-6-4-8-13(16)18-21-15(12-23(18)2)19(24)22-28(25,26)17-11-7-5-9-14(17)20/h4-12H,3H2,1-2H3,(H,22,24). The molecule has 3 aromatic rings. The highest BCUT2D eigenvalue weighted by atomic mass is 35.5. The number of sulfonamides is 1. The van der Waals surface area contributed by atoms with Gasteiger partial charge in [0.05, 0.1) is 5.02 Å². The first-order chi connectivity index (χ1) is 13.3. The minimum absolute atomic E-state index is 0.00410. The van der Waals surface area contributed by atoms with E-state index >= 15 is 0 Å². The lowest BCUT2D eigenvalue weighted by Gasteiger charge is -2.07. The number of hydrogen-bond donors (Lipinski definition) is 1. The van der Waals surface area contributed by atoms with Crippen LogP contribution in [-0.4, -0.2) is 29.6 Å². The van der Waals surface area contributed by atoms with Crippen molar-refractivity contribution in [2.24, 2.45) is 7.05 Å². The number of carbonyl (C=O) groups is 1. The molecule has 0 fully saturated rings. The fourth-order valence-electron chi connectivity index (χ4n) is 2.65. The molecule has 0 aliphatic carbocycles. The maximum atomic E-state index is 12.5. The molecule has 0 aliphatic rings. The van der Waals surface area contributed by atoms with Gasteiger partial charge in [0, 0.05) is 23.7 Å². The summed E-state index contributed by atoms with van der Waals surface area (Å²) in [6.45, 7) is 2.05. The second-order valence-corrected chi connectivity index (χ2v) is 9.22. The van der Waals surface area contributed by atoms with E-state index in [1.54, 1.807) is 29.4 Å². The largest absolute Gasteiger partial charge is 0.333 e. The SMILES string of the molecule is CCSc1ccccc1-c1nc(C(=O)NS(=O)(=O)c2ccccc2Cl)cn1C. The third-order valence-corrected chi connectivity index (χ3v) is 6.68. The maximum absolute atomic E-state index is 12.5. The first kappa shape index (κ1) is 20.4. The number of aryl methyl sites for hydroxylation is 1. The van der Waals surface area contributed by atoms with Gasteiger partial charge in [0.15, 0.2) is 0 Å².